The molecule has 0 fully saturated rings. The Morgan fingerprint density at radius 2 is 1.77 bits per heavy atom. The first-order valence-electron chi connectivity index (χ1n) is 12.7. The van der Waals surface area contributed by atoms with E-state index in [-0.39, 0.29) is 31.3 Å². The number of halogens is 1. The molecule has 0 N–H and O–H groups in total. The van der Waals surface area contributed by atoms with E-state index in [0.29, 0.717) is 6.42 Å². The summed E-state index contributed by atoms with van der Waals surface area (Å²) in [6.07, 6.45) is 7.71. The summed E-state index contributed by atoms with van der Waals surface area (Å²) in [6, 6.07) is 22.6. The van der Waals surface area contributed by atoms with Crippen LogP contribution in [0, 0.1) is 24.9 Å². The van der Waals surface area contributed by atoms with Crippen LogP contribution < -0.4 is 0 Å². The van der Waals surface area contributed by atoms with E-state index >= 15 is 0 Å². The van der Waals surface area contributed by atoms with E-state index in [1.165, 1.54) is 37.5 Å². The first-order chi connectivity index (χ1) is 18.4. The number of aromatic nitrogens is 3. The first kappa shape index (κ1) is 27.3. The number of hydrogen-bond acceptors (Lipinski definition) is 4. The minimum Gasteiger partial charge on any atom is -0.305 e. The molecule has 0 aliphatic heterocycles. The van der Waals surface area contributed by atoms with E-state index in [2.05, 4.69) is 60.0 Å². The molecule has 0 spiro atoms. The van der Waals surface area contributed by atoms with Crippen LogP contribution in [-0.4, -0.2) is 15.0 Å². The van der Waals surface area contributed by atoms with Crippen molar-refractivity contribution in [1.82, 2.24) is 15.0 Å². The van der Waals surface area contributed by atoms with Gasteiger partial charge in [0.25, 0.3) is 0 Å². The molecule has 0 amide bonds. The molecule has 6 heteroatoms. The Bertz CT molecular complexity index is 1810. The molecular formula is C33H26FIrN3S-2. The predicted molar refractivity (Wildman–Crippen MR) is 154 cm³/mol. The normalized spacial score (nSPS) is 12.8. The molecule has 6 aromatic rings. The fourth-order valence-corrected chi connectivity index (χ4v) is 6.84. The van der Waals surface area contributed by atoms with E-state index in [1.54, 1.807) is 11.3 Å². The van der Waals surface area contributed by atoms with Gasteiger partial charge in [-0.25, -0.2) is 4.39 Å². The summed E-state index contributed by atoms with van der Waals surface area (Å²) in [5.74, 6) is -0.197. The molecule has 7 rings (SSSR count). The maximum Gasteiger partial charge on any atom is 0.143 e. The third kappa shape index (κ3) is 4.51. The molecule has 1 aliphatic rings. The molecule has 4 heterocycles. The maximum absolute atomic E-state index is 13.9. The van der Waals surface area contributed by atoms with Crippen LogP contribution in [0.15, 0.2) is 73.3 Å². The molecular weight excluding hydrogens is 682 g/mol. The molecule has 1 aliphatic carbocycles. The SMILES string of the molecule is CCc1c(F)cnc2c1C(C)(C)c1ccc[c-]c1-2.Cc1cncc2sc3c(-c4ccccn4)[c-]ccc3c12.[Ir]. The van der Waals surface area contributed by atoms with Crippen LogP contribution in [-0.2, 0) is 31.9 Å². The van der Waals surface area contributed by atoms with Crippen molar-refractivity contribution in [1.29, 1.82) is 0 Å². The van der Waals surface area contributed by atoms with Gasteiger partial charge in [0.15, 0.2) is 0 Å². The minimum atomic E-state index is -0.197. The molecule has 0 saturated heterocycles. The maximum atomic E-state index is 13.9. The fraction of sp³-hybridized carbons (Fsp3) is 0.182. The van der Waals surface area contributed by atoms with Crippen molar-refractivity contribution in [3.63, 3.8) is 0 Å². The average Bonchev–Trinajstić information content (AvgIpc) is 3.43. The molecule has 1 radical (unpaired) electrons. The Morgan fingerprint density at radius 1 is 0.949 bits per heavy atom. The zero-order valence-electron chi connectivity index (χ0n) is 22.1. The minimum absolute atomic E-state index is 0. The molecule has 0 saturated carbocycles. The quantitative estimate of drug-likeness (QED) is 0.170. The van der Waals surface area contributed by atoms with Crippen LogP contribution in [0.4, 0.5) is 4.39 Å². The summed E-state index contributed by atoms with van der Waals surface area (Å²) in [7, 11) is 0. The van der Waals surface area contributed by atoms with Gasteiger partial charge in [0.2, 0.25) is 0 Å². The van der Waals surface area contributed by atoms with Crippen molar-refractivity contribution in [2.45, 2.75) is 39.5 Å². The van der Waals surface area contributed by atoms with Gasteiger partial charge in [0, 0.05) is 43.4 Å². The van der Waals surface area contributed by atoms with Gasteiger partial charge in [-0.3, -0.25) is 4.98 Å². The third-order valence-electron chi connectivity index (χ3n) is 7.33. The molecule has 0 atom stereocenters. The topological polar surface area (TPSA) is 38.7 Å². The van der Waals surface area contributed by atoms with Gasteiger partial charge < -0.3 is 9.97 Å². The van der Waals surface area contributed by atoms with Crippen LogP contribution in [0.3, 0.4) is 0 Å². The third-order valence-corrected chi connectivity index (χ3v) is 8.49. The number of fused-ring (bicyclic) bond motifs is 6. The van der Waals surface area contributed by atoms with Crippen molar-refractivity contribution < 1.29 is 24.5 Å². The largest absolute Gasteiger partial charge is 0.305 e. The van der Waals surface area contributed by atoms with E-state index in [0.717, 1.165) is 33.6 Å². The van der Waals surface area contributed by atoms with Crippen LogP contribution in [0.5, 0.6) is 0 Å². The van der Waals surface area contributed by atoms with Crippen LogP contribution in [0.25, 0.3) is 42.7 Å². The van der Waals surface area contributed by atoms with E-state index in [1.807, 2.05) is 61.9 Å². The van der Waals surface area contributed by atoms with Crippen LogP contribution >= 0.6 is 11.3 Å². The Kier molecular flexibility index (Phi) is 7.47. The Balaban J connectivity index is 0.000000155. The van der Waals surface area contributed by atoms with E-state index < -0.39 is 0 Å². The molecule has 2 aromatic carbocycles. The number of nitrogens with zero attached hydrogens (tertiary/aromatic N) is 3. The van der Waals surface area contributed by atoms with Gasteiger partial charge in [-0.15, -0.1) is 59.2 Å². The number of hydrogen-bond donors (Lipinski definition) is 0. The van der Waals surface area contributed by atoms with Crippen LogP contribution in [0.1, 0.15) is 43.0 Å². The van der Waals surface area contributed by atoms with Crippen molar-refractivity contribution in [2.75, 3.05) is 0 Å². The monoisotopic (exact) mass is 708 g/mol. The summed E-state index contributed by atoms with van der Waals surface area (Å²) in [5.41, 5.74) is 7.99. The van der Waals surface area contributed by atoms with Crippen molar-refractivity contribution in [3.05, 3.63) is 114 Å². The summed E-state index contributed by atoms with van der Waals surface area (Å²) in [5, 5.41) is 2.57. The van der Waals surface area contributed by atoms with Crippen molar-refractivity contribution in [2.24, 2.45) is 0 Å². The number of aryl methyl sites for hydroxylation is 1. The summed E-state index contributed by atoms with van der Waals surface area (Å²) < 4.78 is 16.4. The second-order valence-corrected chi connectivity index (χ2v) is 11.0. The standard InChI is InChI=1S/C17H11N2S.C16H15FN.Ir/c1-11-9-18-10-15-16(11)13-6-4-5-12(17(13)20-15)14-7-2-3-8-19-14;1-4-10-13(17)9-18-15-11-7-5-6-8-12(11)16(2,3)14(10)15;/h2-4,6-10H,1H3;5-6,8-9H,4H2,1-3H3;/q2*-1;. The molecule has 3 nitrogen and oxygen atoms in total. The fourth-order valence-electron chi connectivity index (χ4n) is 5.58. The molecule has 39 heavy (non-hydrogen) atoms. The number of benzene rings is 2. The van der Waals surface area contributed by atoms with E-state index in [9.17, 15) is 4.39 Å². The summed E-state index contributed by atoms with van der Waals surface area (Å²) in [4.78, 5) is 13.0. The smallest absolute Gasteiger partial charge is 0.143 e. The zero-order chi connectivity index (χ0) is 26.4. The van der Waals surface area contributed by atoms with Gasteiger partial charge in [-0.05, 0) is 57.4 Å². The zero-order valence-corrected chi connectivity index (χ0v) is 25.3. The van der Waals surface area contributed by atoms with E-state index in [4.69, 9.17) is 0 Å². The van der Waals surface area contributed by atoms with Gasteiger partial charge >= 0.3 is 0 Å². The Hall–Kier alpha value is -3.31. The average molecular weight is 708 g/mol. The molecule has 0 bridgehead atoms. The van der Waals surface area contributed by atoms with Crippen LogP contribution in [0.2, 0.25) is 0 Å². The number of pyridine rings is 3. The second-order valence-electron chi connectivity index (χ2n) is 9.99. The van der Waals surface area contributed by atoms with Gasteiger partial charge in [-0.1, -0.05) is 43.9 Å². The predicted octanol–water partition coefficient (Wildman–Crippen LogP) is 8.51. The molecule has 197 valence electrons. The van der Waals surface area contributed by atoms with Crippen molar-refractivity contribution >= 4 is 31.5 Å². The molecule has 0 unspecified atom stereocenters. The van der Waals surface area contributed by atoms with Crippen molar-refractivity contribution in [3.8, 4) is 22.5 Å². The Morgan fingerprint density at radius 3 is 2.54 bits per heavy atom. The van der Waals surface area contributed by atoms with Gasteiger partial charge in [0.1, 0.15) is 5.82 Å². The van der Waals surface area contributed by atoms with Gasteiger partial charge in [0.05, 0.1) is 6.20 Å². The number of thiophene rings is 1. The van der Waals surface area contributed by atoms with Gasteiger partial charge in [-0.2, -0.15) is 11.3 Å². The number of rotatable bonds is 2. The second kappa shape index (κ2) is 10.7. The first-order valence-corrected chi connectivity index (χ1v) is 13.5. The molecule has 4 aromatic heterocycles. The summed E-state index contributed by atoms with van der Waals surface area (Å²) in [6.45, 7) is 8.36. The Labute approximate surface area is 245 Å². The summed E-state index contributed by atoms with van der Waals surface area (Å²) >= 11 is 1.76.